The Labute approximate surface area is 98.0 Å². The first-order valence-corrected chi connectivity index (χ1v) is 5.10. The molecule has 2 nitrogen and oxygen atoms in total. The minimum atomic E-state index is -4.46. The summed E-state index contributed by atoms with van der Waals surface area (Å²) in [6, 6.07) is 3.80. The van der Waals surface area contributed by atoms with Crippen LogP contribution >= 0.6 is 0 Å². The van der Waals surface area contributed by atoms with Gasteiger partial charge in [-0.15, -0.1) is 0 Å². The van der Waals surface area contributed by atoms with Crippen LogP contribution in [0.5, 0.6) is 5.75 Å². The average molecular weight is 248 g/mol. The average Bonchev–Trinajstić information content (AvgIpc) is 2.13. The van der Waals surface area contributed by atoms with E-state index in [0.29, 0.717) is 5.56 Å². The van der Waals surface area contributed by atoms with Gasteiger partial charge in [-0.1, -0.05) is 12.1 Å². The number of rotatable bonds is 3. The summed E-state index contributed by atoms with van der Waals surface area (Å²) in [5.74, 6) is -0.220. The quantitative estimate of drug-likeness (QED) is 0.890. The van der Waals surface area contributed by atoms with Crippen molar-refractivity contribution >= 4 is 0 Å². The number of aliphatic hydroxyl groups is 1. The van der Waals surface area contributed by atoms with Crippen LogP contribution in [-0.4, -0.2) is 17.8 Å². The zero-order chi connectivity index (χ0) is 13.3. The Bertz CT molecular complexity index is 392. The van der Waals surface area contributed by atoms with Gasteiger partial charge in [-0.3, -0.25) is 0 Å². The van der Waals surface area contributed by atoms with Crippen LogP contribution in [0.1, 0.15) is 25.0 Å². The number of hydrogen-bond acceptors (Lipinski definition) is 2. The zero-order valence-corrected chi connectivity index (χ0v) is 9.93. The molecule has 0 aliphatic rings. The van der Waals surface area contributed by atoms with Gasteiger partial charge in [0, 0.05) is 6.42 Å². The van der Waals surface area contributed by atoms with Gasteiger partial charge in [0.1, 0.15) is 5.75 Å². The van der Waals surface area contributed by atoms with Crippen LogP contribution in [-0.2, 0) is 12.6 Å². The summed E-state index contributed by atoms with van der Waals surface area (Å²) in [5, 5.41) is 9.65. The fourth-order valence-corrected chi connectivity index (χ4v) is 1.65. The van der Waals surface area contributed by atoms with Crippen LogP contribution in [0.2, 0.25) is 0 Å². The summed E-state index contributed by atoms with van der Waals surface area (Å²) in [6.07, 6.45) is -4.36. The van der Waals surface area contributed by atoms with Gasteiger partial charge in [-0.05, 0) is 25.5 Å². The summed E-state index contributed by atoms with van der Waals surface area (Å²) < 4.78 is 42.9. The van der Waals surface area contributed by atoms with Crippen molar-refractivity contribution in [2.45, 2.75) is 32.0 Å². The highest BCUT2D eigenvalue weighted by molar-refractivity contribution is 5.43. The lowest BCUT2D eigenvalue weighted by Gasteiger charge is -2.21. The van der Waals surface area contributed by atoms with Gasteiger partial charge >= 0.3 is 6.18 Å². The van der Waals surface area contributed by atoms with E-state index >= 15 is 0 Å². The first kappa shape index (κ1) is 13.8. The lowest BCUT2D eigenvalue weighted by molar-refractivity contribution is -0.138. The molecule has 0 radical (unpaired) electrons. The van der Waals surface area contributed by atoms with Gasteiger partial charge in [-0.25, -0.2) is 0 Å². The van der Waals surface area contributed by atoms with Crippen LogP contribution in [0.4, 0.5) is 13.2 Å². The molecule has 1 aromatic rings. The largest absolute Gasteiger partial charge is 0.496 e. The number of benzene rings is 1. The molecule has 17 heavy (non-hydrogen) atoms. The number of halogens is 3. The van der Waals surface area contributed by atoms with E-state index in [2.05, 4.69) is 0 Å². The molecule has 5 heteroatoms. The number of ether oxygens (including phenoxy) is 1. The summed E-state index contributed by atoms with van der Waals surface area (Å²) >= 11 is 0. The van der Waals surface area contributed by atoms with E-state index in [9.17, 15) is 18.3 Å². The molecule has 0 atom stereocenters. The Hall–Kier alpha value is -1.23. The molecule has 0 fully saturated rings. The van der Waals surface area contributed by atoms with Crippen molar-refractivity contribution in [2.24, 2.45) is 0 Å². The first-order chi connectivity index (χ1) is 7.65. The van der Waals surface area contributed by atoms with Gasteiger partial charge in [-0.2, -0.15) is 13.2 Å². The van der Waals surface area contributed by atoms with E-state index in [4.69, 9.17) is 4.74 Å². The van der Waals surface area contributed by atoms with Crippen molar-refractivity contribution in [3.63, 3.8) is 0 Å². The molecule has 1 aromatic carbocycles. The molecule has 0 aliphatic carbocycles. The summed E-state index contributed by atoms with van der Waals surface area (Å²) in [6.45, 7) is 3.07. The van der Waals surface area contributed by atoms with E-state index in [1.807, 2.05) is 0 Å². The molecule has 0 bridgehead atoms. The van der Waals surface area contributed by atoms with E-state index in [1.165, 1.54) is 33.1 Å². The maximum atomic E-state index is 12.7. The Balaban J connectivity index is 3.24. The van der Waals surface area contributed by atoms with Gasteiger partial charge in [0.25, 0.3) is 0 Å². The van der Waals surface area contributed by atoms with E-state index in [0.717, 1.165) is 6.07 Å². The van der Waals surface area contributed by atoms with Crippen molar-refractivity contribution < 1.29 is 23.0 Å². The molecule has 0 spiro atoms. The molecular weight excluding hydrogens is 233 g/mol. The van der Waals surface area contributed by atoms with E-state index in [1.54, 1.807) is 0 Å². The minimum absolute atomic E-state index is 0.0973. The molecule has 0 saturated carbocycles. The topological polar surface area (TPSA) is 29.5 Å². The highest BCUT2D eigenvalue weighted by Crippen LogP contribution is 2.38. The third-order valence-corrected chi connectivity index (χ3v) is 2.23. The highest BCUT2D eigenvalue weighted by Gasteiger charge is 2.35. The Morgan fingerprint density at radius 1 is 1.24 bits per heavy atom. The van der Waals surface area contributed by atoms with Gasteiger partial charge in [0.05, 0.1) is 18.3 Å². The molecule has 0 saturated heterocycles. The first-order valence-electron chi connectivity index (χ1n) is 5.10. The van der Waals surface area contributed by atoms with Crippen LogP contribution in [0.3, 0.4) is 0 Å². The van der Waals surface area contributed by atoms with E-state index in [-0.39, 0.29) is 12.2 Å². The van der Waals surface area contributed by atoms with Gasteiger partial charge in [0.2, 0.25) is 0 Å². The molecule has 1 rings (SSSR count). The van der Waals surface area contributed by atoms with Crippen molar-refractivity contribution in [1.82, 2.24) is 0 Å². The molecule has 96 valence electrons. The second-order valence-corrected chi connectivity index (χ2v) is 4.48. The van der Waals surface area contributed by atoms with Crippen molar-refractivity contribution in [1.29, 1.82) is 0 Å². The molecular formula is C12H15F3O2. The standard InChI is InChI=1S/C12H15F3O2/c1-11(2,16)7-8-5-4-6-9(10(8)17-3)12(13,14)15/h4-6,16H,7H2,1-3H3. The third-order valence-electron chi connectivity index (χ3n) is 2.23. The zero-order valence-electron chi connectivity index (χ0n) is 9.93. The summed E-state index contributed by atoms with van der Waals surface area (Å²) in [7, 11) is 1.19. The van der Waals surface area contributed by atoms with Crippen molar-refractivity contribution in [3.05, 3.63) is 29.3 Å². The van der Waals surface area contributed by atoms with Gasteiger partial charge < -0.3 is 9.84 Å². The fraction of sp³-hybridized carbons (Fsp3) is 0.500. The predicted octanol–water partition coefficient (Wildman–Crippen LogP) is 3.03. The van der Waals surface area contributed by atoms with Crippen molar-refractivity contribution in [2.75, 3.05) is 7.11 Å². The second kappa shape index (κ2) is 4.56. The molecule has 0 aromatic heterocycles. The summed E-state index contributed by atoms with van der Waals surface area (Å²) in [4.78, 5) is 0. The Morgan fingerprint density at radius 3 is 2.24 bits per heavy atom. The maximum absolute atomic E-state index is 12.7. The monoisotopic (exact) mass is 248 g/mol. The lowest BCUT2D eigenvalue weighted by atomic mass is 9.96. The minimum Gasteiger partial charge on any atom is -0.496 e. The number of para-hydroxylation sites is 1. The van der Waals surface area contributed by atoms with E-state index < -0.39 is 17.3 Å². The van der Waals surface area contributed by atoms with Crippen LogP contribution < -0.4 is 4.74 Å². The summed E-state index contributed by atoms with van der Waals surface area (Å²) in [5.41, 5.74) is -1.56. The number of hydrogen-bond donors (Lipinski definition) is 1. The molecule has 1 N–H and O–H groups in total. The van der Waals surface area contributed by atoms with Gasteiger partial charge in [0.15, 0.2) is 0 Å². The molecule has 0 aliphatic heterocycles. The molecule has 0 unspecified atom stereocenters. The van der Waals surface area contributed by atoms with Crippen molar-refractivity contribution in [3.8, 4) is 5.75 Å². The lowest BCUT2D eigenvalue weighted by Crippen LogP contribution is -2.23. The van der Waals surface area contributed by atoms with Crippen LogP contribution in [0.25, 0.3) is 0 Å². The maximum Gasteiger partial charge on any atom is 0.419 e. The van der Waals surface area contributed by atoms with Crippen LogP contribution in [0.15, 0.2) is 18.2 Å². The SMILES string of the molecule is COc1c(CC(C)(C)O)cccc1C(F)(F)F. The highest BCUT2D eigenvalue weighted by atomic mass is 19.4. The smallest absolute Gasteiger partial charge is 0.419 e. The fourth-order valence-electron chi connectivity index (χ4n) is 1.65. The Kier molecular flexibility index (Phi) is 3.71. The normalized spacial score (nSPS) is 12.6. The number of alkyl halides is 3. The third kappa shape index (κ3) is 3.63. The molecule has 0 amide bonds. The second-order valence-electron chi connectivity index (χ2n) is 4.48. The molecule has 0 heterocycles. The predicted molar refractivity (Wildman–Crippen MR) is 58.0 cm³/mol. The van der Waals surface area contributed by atoms with Crippen LogP contribution in [0, 0.1) is 0 Å². The Morgan fingerprint density at radius 2 is 1.82 bits per heavy atom. The number of methoxy groups -OCH3 is 1.